The molecule has 2 aromatic heterocycles. The Balaban J connectivity index is 2.00. The molecule has 9 nitrogen and oxygen atoms in total. The Morgan fingerprint density at radius 3 is 2.74 bits per heavy atom. The summed E-state index contributed by atoms with van der Waals surface area (Å²) in [5, 5.41) is 23.5. The highest BCUT2D eigenvalue weighted by Crippen LogP contribution is 2.26. The SMILES string of the molecule is CNc1ccc(OC(F)F)cc1C(=N)c1cnc2[nH]cc(C(=O)NC(C)(C)CO)c2n1. The van der Waals surface area contributed by atoms with Gasteiger partial charge < -0.3 is 25.5 Å². The third-order valence-corrected chi connectivity index (χ3v) is 4.48. The minimum Gasteiger partial charge on any atom is -0.435 e. The zero-order chi connectivity index (χ0) is 22.8. The summed E-state index contributed by atoms with van der Waals surface area (Å²) in [6.07, 6.45) is 2.79. The highest BCUT2D eigenvalue weighted by atomic mass is 19.3. The molecule has 0 aliphatic carbocycles. The first-order valence-corrected chi connectivity index (χ1v) is 9.28. The molecular weight excluding hydrogens is 410 g/mol. The summed E-state index contributed by atoms with van der Waals surface area (Å²) in [6, 6.07) is 4.18. The summed E-state index contributed by atoms with van der Waals surface area (Å²) in [7, 11) is 1.63. The van der Waals surface area contributed by atoms with Gasteiger partial charge in [0, 0.05) is 24.5 Å². The third-order valence-electron chi connectivity index (χ3n) is 4.48. The summed E-state index contributed by atoms with van der Waals surface area (Å²) in [6.45, 7) is 0.0789. The van der Waals surface area contributed by atoms with Crippen molar-refractivity contribution < 1.29 is 23.4 Å². The summed E-state index contributed by atoms with van der Waals surface area (Å²) < 4.78 is 29.6. The molecule has 11 heteroatoms. The fraction of sp³-hybridized carbons (Fsp3) is 0.300. The van der Waals surface area contributed by atoms with Crippen LogP contribution in [0.15, 0.2) is 30.6 Å². The number of nitrogens with one attached hydrogen (secondary N) is 4. The average Bonchev–Trinajstić information content (AvgIpc) is 3.16. The van der Waals surface area contributed by atoms with Gasteiger partial charge in [0.15, 0.2) is 5.65 Å². The number of fused-ring (bicyclic) bond motifs is 1. The number of ether oxygens (including phenoxy) is 1. The van der Waals surface area contributed by atoms with Gasteiger partial charge in [0.2, 0.25) is 0 Å². The van der Waals surface area contributed by atoms with Crippen molar-refractivity contribution in [2.75, 3.05) is 19.0 Å². The predicted octanol–water partition coefficient (Wildman–Crippen LogP) is 2.52. The van der Waals surface area contributed by atoms with E-state index in [4.69, 9.17) is 5.41 Å². The number of hydrogen-bond acceptors (Lipinski definition) is 7. The quantitative estimate of drug-likeness (QED) is 0.347. The number of nitrogens with zero attached hydrogens (tertiary/aromatic N) is 2. The average molecular weight is 432 g/mol. The molecule has 31 heavy (non-hydrogen) atoms. The number of benzene rings is 1. The number of aromatic nitrogens is 3. The maximum atomic E-state index is 12.6. The first kappa shape index (κ1) is 22.1. The van der Waals surface area contributed by atoms with Gasteiger partial charge in [0.05, 0.1) is 29.6 Å². The minimum atomic E-state index is -3.00. The van der Waals surface area contributed by atoms with E-state index >= 15 is 0 Å². The zero-order valence-electron chi connectivity index (χ0n) is 17.1. The van der Waals surface area contributed by atoms with E-state index in [1.165, 1.54) is 30.6 Å². The number of carbonyl (C=O) groups excluding carboxylic acids is 1. The van der Waals surface area contributed by atoms with Crippen molar-refractivity contribution in [2.45, 2.75) is 26.0 Å². The van der Waals surface area contributed by atoms with Crippen LogP contribution in [0.3, 0.4) is 0 Å². The van der Waals surface area contributed by atoms with Crippen LogP contribution in [-0.4, -0.2) is 57.5 Å². The maximum absolute atomic E-state index is 12.6. The second-order valence-electron chi connectivity index (χ2n) is 7.36. The van der Waals surface area contributed by atoms with Gasteiger partial charge in [-0.3, -0.25) is 10.2 Å². The van der Waals surface area contributed by atoms with Crippen molar-refractivity contribution in [2.24, 2.45) is 0 Å². The fourth-order valence-electron chi connectivity index (χ4n) is 2.86. The number of anilines is 1. The molecule has 0 radical (unpaired) electrons. The van der Waals surface area contributed by atoms with Crippen molar-refractivity contribution in [3.63, 3.8) is 0 Å². The Morgan fingerprint density at radius 2 is 2.10 bits per heavy atom. The van der Waals surface area contributed by atoms with E-state index in [9.17, 15) is 18.7 Å². The van der Waals surface area contributed by atoms with Crippen LogP contribution < -0.4 is 15.4 Å². The molecule has 0 spiro atoms. The van der Waals surface area contributed by atoms with Crippen LogP contribution in [0.2, 0.25) is 0 Å². The molecule has 164 valence electrons. The van der Waals surface area contributed by atoms with E-state index in [0.29, 0.717) is 11.3 Å². The third kappa shape index (κ3) is 4.77. The molecule has 5 N–H and O–H groups in total. The molecule has 1 aromatic carbocycles. The Morgan fingerprint density at radius 1 is 1.35 bits per heavy atom. The molecule has 2 heterocycles. The van der Waals surface area contributed by atoms with Gasteiger partial charge in [-0.25, -0.2) is 9.97 Å². The van der Waals surface area contributed by atoms with Gasteiger partial charge in [-0.05, 0) is 32.0 Å². The summed E-state index contributed by atoms with van der Waals surface area (Å²) in [5.74, 6) is -0.567. The molecule has 0 aliphatic rings. The number of amides is 1. The van der Waals surface area contributed by atoms with Crippen molar-refractivity contribution >= 4 is 28.5 Å². The Bertz CT molecular complexity index is 1130. The maximum Gasteiger partial charge on any atom is 0.387 e. The monoisotopic (exact) mass is 432 g/mol. The van der Waals surface area contributed by atoms with Gasteiger partial charge in [-0.1, -0.05) is 0 Å². The van der Waals surface area contributed by atoms with E-state index in [0.717, 1.165) is 0 Å². The molecule has 3 aromatic rings. The zero-order valence-corrected chi connectivity index (χ0v) is 17.1. The highest BCUT2D eigenvalue weighted by Gasteiger charge is 2.23. The van der Waals surface area contributed by atoms with Gasteiger partial charge in [-0.15, -0.1) is 0 Å². The first-order valence-electron chi connectivity index (χ1n) is 9.28. The van der Waals surface area contributed by atoms with E-state index in [1.807, 2.05) is 0 Å². The number of aliphatic hydroxyl groups excluding tert-OH is 1. The van der Waals surface area contributed by atoms with Crippen molar-refractivity contribution in [1.29, 1.82) is 5.41 Å². The van der Waals surface area contributed by atoms with Gasteiger partial charge in [0.25, 0.3) is 5.91 Å². The molecule has 0 bridgehead atoms. The van der Waals surface area contributed by atoms with Crippen molar-refractivity contribution in [3.8, 4) is 5.75 Å². The van der Waals surface area contributed by atoms with Gasteiger partial charge >= 0.3 is 6.61 Å². The van der Waals surface area contributed by atoms with Crippen molar-refractivity contribution in [1.82, 2.24) is 20.3 Å². The Labute approximate surface area is 176 Å². The number of H-pyrrole nitrogens is 1. The van der Waals surface area contributed by atoms with Crippen LogP contribution >= 0.6 is 0 Å². The van der Waals surface area contributed by atoms with Crippen molar-refractivity contribution in [3.05, 3.63) is 47.4 Å². The van der Waals surface area contributed by atoms with Crippen LogP contribution in [0.1, 0.15) is 35.5 Å². The summed E-state index contributed by atoms with van der Waals surface area (Å²) in [4.78, 5) is 24.1. The van der Waals surface area contributed by atoms with E-state index < -0.39 is 18.1 Å². The molecule has 0 saturated carbocycles. The summed E-state index contributed by atoms with van der Waals surface area (Å²) >= 11 is 0. The molecule has 0 unspecified atom stereocenters. The normalized spacial score (nSPS) is 11.6. The lowest BCUT2D eigenvalue weighted by Gasteiger charge is -2.23. The lowest BCUT2D eigenvalue weighted by molar-refractivity contribution is -0.0498. The highest BCUT2D eigenvalue weighted by molar-refractivity contribution is 6.14. The van der Waals surface area contributed by atoms with Crippen LogP contribution in [-0.2, 0) is 0 Å². The number of aromatic amines is 1. The molecule has 1 amide bonds. The van der Waals surface area contributed by atoms with E-state index in [1.54, 1.807) is 20.9 Å². The molecule has 0 saturated heterocycles. The fourth-order valence-corrected chi connectivity index (χ4v) is 2.86. The molecule has 0 aliphatic heterocycles. The van der Waals surface area contributed by atoms with Crippen LogP contribution in [0, 0.1) is 5.41 Å². The second kappa shape index (κ2) is 8.64. The summed E-state index contributed by atoms with van der Waals surface area (Å²) in [5.41, 5.74) is 0.747. The minimum absolute atomic E-state index is 0.0956. The van der Waals surface area contributed by atoms with Gasteiger partial charge in [-0.2, -0.15) is 8.78 Å². The number of aliphatic hydroxyl groups is 1. The number of alkyl halides is 2. The first-order chi connectivity index (χ1) is 14.6. The Kier molecular flexibility index (Phi) is 6.16. The lowest BCUT2D eigenvalue weighted by atomic mass is 10.0. The van der Waals surface area contributed by atoms with Gasteiger partial charge in [0.1, 0.15) is 17.0 Å². The number of rotatable bonds is 8. The number of carbonyl (C=O) groups is 1. The molecular formula is C20H22F2N6O3. The molecule has 3 rings (SSSR count). The van der Waals surface area contributed by atoms with Crippen LogP contribution in [0.4, 0.5) is 14.5 Å². The largest absolute Gasteiger partial charge is 0.435 e. The predicted molar refractivity (Wildman–Crippen MR) is 111 cm³/mol. The lowest BCUT2D eigenvalue weighted by Crippen LogP contribution is -2.46. The van der Waals surface area contributed by atoms with E-state index in [2.05, 4.69) is 30.3 Å². The smallest absolute Gasteiger partial charge is 0.387 e. The molecule has 0 atom stereocenters. The molecule has 0 fully saturated rings. The van der Waals surface area contributed by atoms with Crippen LogP contribution in [0.5, 0.6) is 5.75 Å². The van der Waals surface area contributed by atoms with Crippen LogP contribution in [0.25, 0.3) is 11.2 Å². The number of hydrogen-bond donors (Lipinski definition) is 5. The topological polar surface area (TPSA) is 136 Å². The number of halogens is 2. The standard InChI is InChI=1S/C20H22F2N6O3/c1-20(2,9-29)28-18(30)12-7-25-17-16(12)27-14(8-26-17)15(23)11-6-10(31-19(21)22)4-5-13(11)24-3/h4-8,19,23-24,29H,9H2,1-3H3,(H,25,26)(H,28,30). The second-order valence-corrected chi connectivity index (χ2v) is 7.36. The Hall–Kier alpha value is -3.60. The van der Waals surface area contributed by atoms with E-state index in [-0.39, 0.29) is 40.4 Å².